The second kappa shape index (κ2) is 15.0. The first-order chi connectivity index (χ1) is 19.6. The maximum atomic E-state index is 13.1. The molecule has 1 aliphatic rings. The summed E-state index contributed by atoms with van der Waals surface area (Å²) in [7, 11) is 0. The summed E-state index contributed by atoms with van der Waals surface area (Å²) >= 11 is 3.09. The van der Waals surface area contributed by atoms with Gasteiger partial charge in [0.05, 0.1) is 11.6 Å². The minimum absolute atomic E-state index is 0.0758. The van der Waals surface area contributed by atoms with Crippen molar-refractivity contribution in [3.8, 4) is 0 Å². The number of ether oxygens (including phenoxy) is 3. The van der Waals surface area contributed by atoms with E-state index in [0.29, 0.717) is 0 Å². The zero-order chi connectivity index (χ0) is 31.8. The van der Waals surface area contributed by atoms with Gasteiger partial charge in [-0.1, -0.05) is 48.7 Å². The average Bonchev–Trinajstić information content (AvgIpc) is 3.27. The van der Waals surface area contributed by atoms with E-state index in [2.05, 4.69) is 41.6 Å². The largest absolute Gasteiger partial charge is 0.461 e. The number of rotatable bonds is 11. The van der Waals surface area contributed by atoms with Gasteiger partial charge in [0.1, 0.15) is 36.6 Å². The molecule has 232 valence electrons. The minimum atomic E-state index is -1.07. The van der Waals surface area contributed by atoms with Crippen LogP contribution in [0, 0.1) is 11.8 Å². The molecule has 0 aromatic carbocycles. The molecule has 42 heavy (non-hydrogen) atoms. The van der Waals surface area contributed by atoms with Crippen LogP contribution in [0.4, 0.5) is 4.79 Å². The number of H-pyrrole nitrogens is 1. The number of aromatic nitrogens is 2. The van der Waals surface area contributed by atoms with Crippen molar-refractivity contribution in [1.82, 2.24) is 20.2 Å². The maximum Gasteiger partial charge on any atom is 0.408 e. The van der Waals surface area contributed by atoms with Crippen LogP contribution in [0.1, 0.15) is 66.7 Å². The first kappa shape index (κ1) is 34.6. The fourth-order valence-corrected chi connectivity index (χ4v) is 4.37. The minimum Gasteiger partial charge on any atom is -0.461 e. The van der Waals surface area contributed by atoms with Crippen molar-refractivity contribution in [3.63, 3.8) is 0 Å². The van der Waals surface area contributed by atoms with E-state index in [0.717, 1.165) is 4.57 Å². The van der Waals surface area contributed by atoms with E-state index in [1.54, 1.807) is 48.5 Å². The topological polar surface area (TPSA) is 207 Å². The Morgan fingerprint density at radius 1 is 1.21 bits per heavy atom. The molecule has 2 rings (SSSR count). The fraction of sp³-hybridized carbons (Fsp3) is 0.654. The van der Waals surface area contributed by atoms with E-state index in [4.69, 9.17) is 19.7 Å². The number of carbonyl (C=O) groups excluding carboxylic acids is 3. The van der Waals surface area contributed by atoms with Crippen molar-refractivity contribution < 1.29 is 28.6 Å². The van der Waals surface area contributed by atoms with Crippen LogP contribution in [0.3, 0.4) is 0 Å². The molecule has 0 saturated carbocycles. The molecule has 0 aliphatic carbocycles. The van der Waals surface area contributed by atoms with Crippen LogP contribution in [-0.2, 0) is 23.8 Å². The monoisotopic (exact) mass is 655 g/mol. The molecule has 0 radical (unpaired) electrons. The fourth-order valence-electron chi connectivity index (χ4n) is 4.09. The van der Waals surface area contributed by atoms with Gasteiger partial charge in [-0.25, -0.2) is 14.4 Å². The summed E-state index contributed by atoms with van der Waals surface area (Å²) in [6.07, 6.45) is 0.236. The van der Waals surface area contributed by atoms with E-state index in [-0.39, 0.29) is 30.4 Å². The number of aromatic amines is 1. The summed E-state index contributed by atoms with van der Waals surface area (Å²) in [6.45, 7) is 11.7. The van der Waals surface area contributed by atoms with Crippen LogP contribution in [0.25, 0.3) is 16.5 Å². The highest BCUT2D eigenvalue weighted by atomic mass is 79.9. The molecule has 0 spiro atoms. The van der Waals surface area contributed by atoms with Crippen molar-refractivity contribution in [3.05, 3.63) is 48.0 Å². The molecule has 0 unspecified atom stereocenters. The van der Waals surface area contributed by atoms with Gasteiger partial charge in [0.15, 0.2) is 0 Å². The molecular weight excluding hydrogens is 618 g/mol. The highest BCUT2D eigenvalue weighted by Gasteiger charge is 2.38. The summed E-state index contributed by atoms with van der Waals surface area (Å²) in [5.74, 6) is -2.07. The van der Waals surface area contributed by atoms with Crippen LogP contribution in [0.15, 0.2) is 25.9 Å². The van der Waals surface area contributed by atoms with E-state index in [9.17, 15) is 24.0 Å². The van der Waals surface area contributed by atoms with Crippen molar-refractivity contribution in [2.24, 2.45) is 17.0 Å². The van der Waals surface area contributed by atoms with E-state index in [1.807, 2.05) is 0 Å². The first-order valence-electron chi connectivity index (χ1n) is 13.4. The van der Waals surface area contributed by atoms with Gasteiger partial charge in [0.2, 0.25) is 5.91 Å². The van der Waals surface area contributed by atoms with Crippen molar-refractivity contribution >= 4 is 40.0 Å². The van der Waals surface area contributed by atoms with E-state index < -0.39 is 65.3 Å². The maximum absolute atomic E-state index is 13.1. The molecule has 1 aromatic heterocycles. The summed E-state index contributed by atoms with van der Waals surface area (Å²) < 4.78 is 17.8. The van der Waals surface area contributed by atoms with E-state index in [1.165, 1.54) is 17.3 Å². The van der Waals surface area contributed by atoms with Gasteiger partial charge in [0.25, 0.3) is 5.56 Å². The SMILES string of the molecule is CC(C)[C@H](NC(=O)OC(C)(C)C)C(=O)N[C@H](C(=O)OC[C@H]1O[C@@H](n2cc(/C=C/Br)c(=O)[nH]c2=O)C[C@@H]1N=[N+]=[N-])C(C)C. The standard InChI is InChI=1S/C26H38BrN7O8/c1-13(2)19(30-25(39)42-26(5,6)7)22(36)29-20(14(3)4)23(37)40-12-17-16(32-33-28)10-18(41-17)34-11-15(8-9-27)21(35)31-24(34)38/h8-9,11,13-14,16-20H,10,12H2,1-7H3,(H,29,36)(H,30,39)(H,31,35,38)/b9-8+/t16-,17+,18+,19-,20-/m0/s1. The lowest BCUT2D eigenvalue weighted by Crippen LogP contribution is -2.55. The van der Waals surface area contributed by atoms with E-state index >= 15 is 0 Å². The summed E-state index contributed by atoms with van der Waals surface area (Å²) in [5, 5.41) is 8.91. The highest BCUT2D eigenvalue weighted by molar-refractivity contribution is 9.11. The van der Waals surface area contributed by atoms with Crippen molar-refractivity contribution in [2.45, 2.75) is 90.9 Å². The number of esters is 1. The van der Waals surface area contributed by atoms with Crippen LogP contribution in [0.5, 0.6) is 0 Å². The van der Waals surface area contributed by atoms with Crippen LogP contribution in [0.2, 0.25) is 0 Å². The third-order valence-electron chi connectivity index (χ3n) is 6.18. The summed E-state index contributed by atoms with van der Waals surface area (Å²) in [5.41, 5.74) is 7.14. The molecule has 0 bridgehead atoms. The van der Waals surface area contributed by atoms with Crippen LogP contribution < -0.4 is 21.9 Å². The van der Waals surface area contributed by atoms with Gasteiger partial charge < -0.3 is 24.8 Å². The molecule has 15 nitrogen and oxygen atoms in total. The molecule has 1 aliphatic heterocycles. The Kier molecular flexibility index (Phi) is 12.4. The predicted octanol–water partition coefficient (Wildman–Crippen LogP) is 3.10. The zero-order valence-electron chi connectivity index (χ0n) is 24.6. The molecule has 1 aromatic rings. The van der Waals surface area contributed by atoms with Gasteiger partial charge in [-0.3, -0.25) is 19.1 Å². The lowest BCUT2D eigenvalue weighted by Gasteiger charge is -2.28. The third kappa shape index (κ3) is 9.74. The Balaban J connectivity index is 2.15. The lowest BCUT2D eigenvalue weighted by atomic mass is 10.0. The van der Waals surface area contributed by atoms with Gasteiger partial charge in [0, 0.05) is 17.5 Å². The number of hydrogen-bond acceptors (Lipinski definition) is 9. The Bertz CT molecular complexity index is 1330. The Morgan fingerprint density at radius 3 is 2.40 bits per heavy atom. The summed E-state index contributed by atoms with van der Waals surface area (Å²) in [6, 6.07) is -2.85. The average molecular weight is 657 g/mol. The number of amides is 2. The molecule has 2 heterocycles. The quantitative estimate of drug-likeness (QED) is 0.139. The van der Waals surface area contributed by atoms with Crippen LogP contribution in [-0.4, -0.2) is 64.0 Å². The Labute approximate surface area is 251 Å². The van der Waals surface area contributed by atoms with Gasteiger partial charge in [-0.2, -0.15) is 0 Å². The highest BCUT2D eigenvalue weighted by Crippen LogP contribution is 2.30. The third-order valence-corrected chi connectivity index (χ3v) is 6.45. The molecule has 1 fully saturated rings. The molecule has 2 amide bonds. The number of azide groups is 1. The van der Waals surface area contributed by atoms with Gasteiger partial charge in [-0.15, -0.1) is 0 Å². The number of nitrogens with one attached hydrogen (secondary N) is 3. The Morgan fingerprint density at radius 2 is 1.86 bits per heavy atom. The Hall–Kier alpha value is -3.62. The number of carbonyl (C=O) groups is 3. The summed E-state index contributed by atoms with van der Waals surface area (Å²) in [4.78, 5) is 69.4. The zero-order valence-corrected chi connectivity index (χ0v) is 26.2. The van der Waals surface area contributed by atoms with Crippen LogP contribution >= 0.6 is 15.9 Å². The molecular formula is C26H38BrN7O8. The second-order valence-electron chi connectivity index (χ2n) is 11.4. The molecule has 3 N–H and O–H groups in total. The second-order valence-corrected chi connectivity index (χ2v) is 11.9. The number of nitrogens with zero attached hydrogens (tertiary/aromatic N) is 4. The molecule has 16 heteroatoms. The molecule has 1 saturated heterocycles. The normalized spacial score (nSPS) is 20.2. The van der Waals surface area contributed by atoms with Crippen molar-refractivity contribution in [2.75, 3.05) is 6.61 Å². The lowest BCUT2D eigenvalue weighted by molar-refractivity contribution is -0.154. The number of alkyl carbamates (subject to hydrolysis) is 1. The number of hydrogen-bond donors (Lipinski definition) is 3. The van der Waals surface area contributed by atoms with Crippen molar-refractivity contribution in [1.29, 1.82) is 0 Å². The van der Waals surface area contributed by atoms with Gasteiger partial charge >= 0.3 is 17.8 Å². The smallest absolute Gasteiger partial charge is 0.408 e. The molecule has 5 atom stereocenters. The predicted molar refractivity (Wildman–Crippen MR) is 156 cm³/mol. The van der Waals surface area contributed by atoms with Gasteiger partial charge in [-0.05, 0) is 49.2 Å². The first-order valence-corrected chi connectivity index (χ1v) is 14.3. The number of halogens is 1.